The molecule has 3 rings (SSSR count). The Morgan fingerprint density at radius 1 is 1.39 bits per heavy atom. The summed E-state index contributed by atoms with van der Waals surface area (Å²) >= 11 is 3.43. The minimum atomic E-state index is 0.0389. The number of hydrogen-bond acceptors (Lipinski definition) is 3. The molecular formula is C13H11BrN2O2. The molecule has 0 atom stereocenters. The molecule has 1 aromatic heterocycles. The number of nitrogens with zero attached hydrogens (tertiary/aromatic N) is 1. The predicted molar refractivity (Wildman–Crippen MR) is 72.5 cm³/mol. The first-order valence-corrected chi connectivity index (χ1v) is 6.39. The van der Waals surface area contributed by atoms with E-state index in [0.29, 0.717) is 13.1 Å². The normalized spacial score (nSPS) is 14.3. The van der Waals surface area contributed by atoms with Gasteiger partial charge in [0.05, 0.1) is 30.7 Å². The molecule has 5 heteroatoms. The topological polar surface area (TPSA) is 45.5 Å². The van der Waals surface area contributed by atoms with E-state index >= 15 is 0 Å². The van der Waals surface area contributed by atoms with Crippen LogP contribution in [0.1, 0.15) is 5.76 Å². The maximum Gasteiger partial charge on any atom is 0.246 e. The number of furan rings is 1. The molecule has 1 N–H and O–H groups in total. The lowest BCUT2D eigenvalue weighted by atomic mass is 10.2. The van der Waals surface area contributed by atoms with Crippen molar-refractivity contribution >= 4 is 33.2 Å². The third kappa shape index (κ3) is 2.01. The molecule has 0 spiro atoms. The number of hydrogen-bond donors (Lipinski definition) is 1. The number of amides is 1. The average molecular weight is 307 g/mol. The summed E-state index contributed by atoms with van der Waals surface area (Å²) in [5, 5.41) is 3.11. The second-order valence-electron chi connectivity index (χ2n) is 4.07. The van der Waals surface area contributed by atoms with E-state index in [1.54, 1.807) is 11.2 Å². The Morgan fingerprint density at radius 3 is 3.06 bits per heavy atom. The molecule has 1 aliphatic heterocycles. The number of benzene rings is 1. The number of carbonyl (C=O) groups is 1. The molecule has 18 heavy (non-hydrogen) atoms. The molecule has 4 nitrogen and oxygen atoms in total. The zero-order chi connectivity index (χ0) is 12.5. The van der Waals surface area contributed by atoms with Crippen LogP contribution in [0.15, 0.2) is 45.5 Å². The number of fused-ring (bicyclic) bond motifs is 1. The van der Waals surface area contributed by atoms with Gasteiger partial charge in [-0.3, -0.25) is 4.79 Å². The fraction of sp³-hybridized carbons (Fsp3) is 0.154. The van der Waals surface area contributed by atoms with Gasteiger partial charge in [-0.25, -0.2) is 0 Å². The van der Waals surface area contributed by atoms with Crippen molar-refractivity contribution < 1.29 is 9.21 Å². The lowest BCUT2D eigenvalue weighted by Crippen LogP contribution is -2.39. The van der Waals surface area contributed by atoms with Gasteiger partial charge in [0, 0.05) is 4.47 Å². The van der Waals surface area contributed by atoms with Crippen molar-refractivity contribution in [2.75, 3.05) is 16.8 Å². The van der Waals surface area contributed by atoms with E-state index in [-0.39, 0.29) is 5.91 Å². The minimum Gasteiger partial charge on any atom is -0.467 e. The summed E-state index contributed by atoms with van der Waals surface area (Å²) in [6, 6.07) is 9.53. The number of halogens is 1. The largest absolute Gasteiger partial charge is 0.467 e. The molecule has 0 bridgehead atoms. The quantitative estimate of drug-likeness (QED) is 0.927. The van der Waals surface area contributed by atoms with E-state index in [2.05, 4.69) is 21.2 Å². The van der Waals surface area contributed by atoms with E-state index < -0.39 is 0 Å². The van der Waals surface area contributed by atoms with Crippen molar-refractivity contribution in [3.8, 4) is 0 Å². The zero-order valence-corrected chi connectivity index (χ0v) is 11.1. The summed E-state index contributed by atoms with van der Waals surface area (Å²) in [5.41, 5.74) is 1.83. The van der Waals surface area contributed by atoms with Gasteiger partial charge in [-0.1, -0.05) is 15.9 Å². The maximum atomic E-state index is 12.0. The zero-order valence-electron chi connectivity index (χ0n) is 9.52. The van der Waals surface area contributed by atoms with E-state index in [1.165, 1.54) is 0 Å². The van der Waals surface area contributed by atoms with Crippen LogP contribution in [0.3, 0.4) is 0 Å². The van der Waals surface area contributed by atoms with Crippen molar-refractivity contribution in [2.45, 2.75) is 6.54 Å². The van der Waals surface area contributed by atoms with Crippen LogP contribution in [0.2, 0.25) is 0 Å². The highest BCUT2D eigenvalue weighted by atomic mass is 79.9. The van der Waals surface area contributed by atoms with Crippen molar-refractivity contribution in [3.05, 3.63) is 46.8 Å². The molecule has 2 aromatic rings. The van der Waals surface area contributed by atoms with Gasteiger partial charge in [0.2, 0.25) is 5.91 Å². The molecule has 92 valence electrons. The molecule has 0 saturated heterocycles. The van der Waals surface area contributed by atoms with E-state index in [9.17, 15) is 4.79 Å². The van der Waals surface area contributed by atoms with Crippen molar-refractivity contribution in [1.29, 1.82) is 0 Å². The highest BCUT2D eigenvalue weighted by Crippen LogP contribution is 2.33. The third-order valence-corrected chi connectivity index (χ3v) is 3.37. The van der Waals surface area contributed by atoms with Gasteiger partial charge in [0.25, 0.3) is 0 Å². The molecule has 0 aliphatic carbocycles. The van der Waals surface area contributed by atoms with Crippen LogP contribution in [0, 0.1) is 0 Å². The molecule has 1 amide bonds. The lowest BCUT2D eigenvalue weighted by molar-refractivity contribution is -0.117. The summed E-state index contributed by atoms with van der Waals surface area (Å²) in [6.07, 6.45) is 1.61. The van der Waals surface area contributed by atoms with Gasteiger partial charge in [-0.2, -0.15) is 0 Å². The van der Waals surface area contributed by atoms with Gasteiger partial charge < -0.3 is 14.6 Å². The molecule has 0 unspecified atom stereocenters. The lowest BCUT2D eigenvalue weighted by Gasteiger charge is -2.29. The number of carbonyl (C=O) groups excluding carboxylic acids is 1. The van der Waals surface area contributed by atoms with E-state index in [1.807, 2.05) is 30.3 Å². The molecule has 0 fully saturated rings. The minimum absolute atomic E-state index is 0.0389. The highest BCUT2D eigenvalue weighted by molar-refractivity contribution is 9.10. The van der Waals surface area contributed by atoms with Gasteiger partial charge in [-0.05, 0) is 30.3 Å². The van der Waals surface area contributed by atoms with Gasteiger partial charge in [0.1, 0.15) is 5.76 Å². The molecule has 0 radical (unpaired) electrons. The Balaban J connectivity index is 1.98. The smallest absolute Gasteiger partial charge is 0.246 e. The molecule has 2 heterocycles. The van der Waals surface area contributed by atoms with Crippen LogP contribution < -0.4 is 10.2 Å². The average Bonchev–Trinajstić information content (AvgIpc) is 2.86. The van der Waals surface area contributed by atoms with Crippen molar-refractivity contribution in [1.82, 2.24) is 0 Å². The summed E-state index contributed by atoms with van der Waals surface area (Å²) in [4.78, 5) is 13.7. The summed E-state index contributed by atoms with van der Waals surface area (Å²) in [5.74, 6) is 0.813. The van der Waals surface area contributed by atoms with E-state index in [0.717, 1.165) is 21.6 Å². The number of nitrogens with one attached hydrogen (secondary N) is 1. The Morgan fingerprint density at radius 2 is 2.28 bits per heavy atom. The van der Waals surface area contributed by atoms with Crippen molar-refractivity contribution in [2.24, 2.45) is 0 Å². The second-order valence-corrected chi connectivity index (χ2v) is 4.99. The molecular weight excluding hydrogens is 296 g/mol. The monoisotopic (exact) mass is 306 g/mol. The summed E-state index contributed by atoms with van der Waals surface area (Å²) < 4.78 is 6.25. The SMILES string of the molecule is O=C1CNc2ccc(Br)cc2N1Cc1ccco1. The molecule has 1 aromatic carbocycles. The number of anilines is 2. The van der Waals surface area contributed by atoms with Gasteiger partial charge >= 0.3 is 0 Å². The first-order chi connectivity index (χ1) is 8.74. The molecule has 1 aliphatic rings. The summed E-state index contributed by atoms with van der Waals surface area (Å²) in [7, 11) is 0. The number of rotatable bonds is 2. The Kier molecular flexibility index (Phi) is 2.83. The Bertz CT molecular complexity index is 581. The maximum absolute atomic E-state index is 12.0. The van der Waals surface area contributed by atoms with Gasteiger partial charge in [0.15, 0.2) is 0 Å². The second kappa shape index (κ2) is 4.49. The fourth-order valence-corrected chi connectivity index (χ4v) is 2.36. The predicted octanol–water partition coefficient (Wildman–Crippen LogP) is 3.00. The highest BCUT2D eigenvalue weighted by Gasteiger charge is 2.24. The fourth-order valence-electron chi connectivity index (χ4n) is 2.01. The Labute approximate surface area is 113 Å². The first kappa shape index (κ1) is 11.3. The van der Waals surface area contributed by atoms with Crippen LogP contribution in [0.4, 0.5) is 11.4 Å². The van der Waals surface area contributed by atoms with E-state index in [4.69, 9.17) is 4.42 Å². The van der Waals surface area contributed by atoms with Crippen LogP contribution in [-0.2, 0) is 11.3 Å². The third-order valence-electron chi connectivity index (χ3n) is 2.88. The first-order valence-electron chi connectivity index (χ1n) is 5.60. The van der Waals surface area contributed by atoms with Crippen molar-refractivity contribution in [3.63, 3.8) is 0 Å². The molecule has 0 saturated carbocycles. The Hall–Kier alpha value is -1.75. The standard InChI is InChI=1S/C13H11BrN2O2/c14-9-3-4-11-12(6-9)16(13(17)7-15-11)8-10-2-1-5-18-10/h1-6,15H,7-8H2. The van der Waals surface area contributed by atoms with Gasteiger partial charge in [-0.15, -0.1) is 0 Å². The van der Waals surface area contributed by atoms with Crippen LogP contribution in [0.25, 0.3) is 0 Å². The summed E-state index contributed by atoms with van der Waals surface area (Å²) in [6.45, 7) is 0.770. The van der Waals surface area contributed by atoms with Crippen LogP contribution >= 0.6 is 15.9 Å². The van der Waals surface area contributed by atoms with Crippen LogP contribution in [-0.4, -0.2) is 12.5 Å². The van der Waals surface area contributed by atoms with Crippen LogP contribution in [0.5, 0.6) is 0 Å².